The number of thiophene rings is 1. The predicted molar refractivity (Wildman–Crippen MR) is 93.8 cm³/mol. The van der Waals surface area contributed by atoms with Gasteiger partial charge in [-0.2, -0.15) is 5.26 Å². The van der Waals surface area contributed by atoms with Gasteiger partial charge < -0.3 is 0 Å². The largest absolute Gasteiger partial charge is 0.192 e. The molecule has 1 aromatic heterocycles. The van der Waals surface area contributed by atoms with Crippen LogP contribution in [0.5, 0.6) is 0 Å². The van der Waals surface area contributed by atoms with Crippen LogP contribution >= 0.6 is 11.3 Å². The third-order valence-corrected chi connectivity index (χ3v) is 5.32. The van der Waals surface area contributed by atoms with Crippen molar-refractivity contribution in [3.8, 4) is 6.07 Å². The normalized spacial score (nSPS) is 14.0. The van der Waals surface area contributed by atoms with Gasteiger partial charge in [0.1, 0.15) is 0 Å². The van der Waals surface area contributed by atoms with Crippen LogP contribution in [-0.2, 0) is 12.8 Å². The van der Waals surface area contributed by atoms with Gasteiger partial charge in [0.25, 0.3) is 0 Å². The summed E-state index contributed by atoms with van der Waals surface area (Å²) in [6, 6.07) is 17.2. The lowest BCUT2D eigenvalue weighted by molar-refractivity contribution is 0.912. The summed E-state index contributed by atoms with van der Waals surface area (Å²) in [5, 5.41) is 12.9. The van der Waals surface area contributed by atoms with Gasteiger partial charge in [0.2, 0.25) is 0 Å². The number of fused-ring (bicyclic) bond motifs is 2. The van der Waals surface area contributed by atoms with Crippen LogP contribution < -0.4 is 0 Å². The molecule has 0 aliphatic heterocycles. The molecular formula is C20H15NS. The van der Waals surface area contributed by atoms with Crippen LogP contribution in [0.4, 0.5) is 0 Å². The molecule has 0 N–H and O–H groups in total. The molecule has 0 amide bonds. The van der Waals surface area contributed by atoms with Gasteiger partial charge in [0.05, 0.1) is 11.6 Å². The fraction of sp³-hybridized carbons (Fsp3) is 0.150. The summed E-state index contributed by atoms with van der Waals surface area (Å²) in [5.74, 6) is 0. The van der Waals surface area contributed by atoms with Gasteiger partial charge in [-0.3, -0.25) is 0 Å². The molecule has 22 heavy (non-hydrogen) atoms. The van der Waals surface area contributed by atoms with Crippen LogP contribution in [-0.4, -0.2) is 0 Å². The number of nitrogens with zero attached hydrogens (tertiary/aromatic N) is 1. The first-order valence-electron chi connectivity index (χ1n) is 7.55. The van der Waals surface area contributed by atoms with Gasteiger partial charge in [-0.15, -0.1) is 11.3 Å². The van der Waals surface area contributed by atoms with Crippen LogP contribution in [0.3, 0.4) is 0 Å². The highest BCUT2D eigenvalue weighted by Crippen LogP contribution is 2.30. The van der Waals surface area contributed by atoms with E-state index in [9.17, 15) is 5.26 Å². The van der Waals surface area contributed by atoms with E-state index in [0.717, 1.165) is 23.1 Å². The lowest BCUT2D eigenvalue weighted by atomic mass is 9.99. The molecule has 0 saturated heterocycles. The highest BCUT2D eigenvalue weighted by molar-refractivity contribution is 7.17. The molecule has 1 nitrogen and oxygen atoms in total. The zero-order valence-electron chi connectivity index (χ0n) is 12.2. The minimum Gasteiger partial charge on any atom is -0.192 e. The lowest BCUT2D eigenvalue weighted by Crippen LogP contribution is -1.87. The van der Waals surface area contributed by atoms with Crippen LogP contribution in [0.15, 0.2) is 47.8 Å². The Kier molecular flexibility index (Phi) is 3.29. The zero-order chi connectivity index (χ0) is 14.9. The molecule has 2 aromatic carbocycles. The van der Waals surface area contributed by atoms with E-state index in [0.29, 0.717) is 0 Å². The van der Waals surface area contributed by atoms with Crippen molar-refractivity contribution in [1.82, 2.24) is 0 Å². The van der Waals surface area contributed by atoms with Gasteiger partial charge in [-0.05, 0) is 64.4 Å². The molecule has 0 radical (unpaired) electrons. The summed E-state index contributed by atoms with van der Waals surface area (Å²) in [7, 11) is 0. The van der Waals surface area contributed by atoms with Crippen molar-refractivity contribution in [1.29, 1.82) is 5.26 Å². The maximum Gasteiger partial charge on any atom is 0.0998 e. The molecule has 4 rings (SSSR count). The summed E-state index contributed by atoms with van der Waals surface area (Å²) in [5.41, 5.74) is 5.78. The van der Waals surface area contributed by atoms with Crippen molar-refractivity contribution < 1.29 is 0 Å². The van der Waals surface area contributed by atoms with E-state index < -0.39 is 0 Å². The van der Waals surface area contributed by atoms with Crippen LogP contribution in [0.2, 0.25) is 0 Å². The third-order valence-electron chi connectivity index (χ3n) is 4.34. The minimum absolute atomic E-state index is 0.748. The van der Waals surface area contributed by atoms with E-state index in [1.807, 2.05) is 12.1 Å². The van der Waals surface area contributed by atoms with E-state index in [1.54, 1.807) is 11.3 Å². The molecular weight excluding hydrogens is 286 g/mol. The SMILES string of the molecule is N#C/C(=C\c1csc2ccccc12)c1ccc2c(c1)CCC2. The van der Waals surface area contributed by atoms with Crippen LogP contribution in [0.25, 0.3) is 21.7 Å². The molecule has 0 atom stereocenters. The number of hydrogen-bond acceptors (Lipinski definition) is 2. The Hall–Kier alpha value is -2.37. The second-order valence-corrected chi connectivity index (χ2v) is 6.61. The number of hydrogen-bond donors (Lipinski definition) is 0. The quantitative estimate of drug-likeness (QED) is 0.577. The van der Waals surface area contributed by atoms with E-state index in [2.05, 4.69) is 47.8 Å². The standard InChI is InChI=1S/C20H15NS/c21-12-17(16-9-8-14-4-3-5-15(14)10-16)11-18-13-22-20-7-2-1-6-19(18)20/h1-2,6-11,13H,3-5H2/b17-11+. The molecule has 1 aliphatic carbocycles. The molecule has 1 aliphatic rings. The summed E-state index contributed by atoms with van der Waals surface area (Å²) in [6.45, 7) is 0. The maximum absolute atomic E-state index is 9.58. The summed E-state index contributed by atoms with van der Waals surface area (Å²) >= 11 is 1.73. The Morgan fingerprint density at radius 3 is 2.86 bits per heavy atom. The molecule has 3 aromatic rings. The Labute approximate surface area is 134 Å². The second-order valence-electron chi connectivity index (χ2n) is 5.69. The Bertz CT molecular complexity index is 924. The third kappa shape index (κ3) is 2.24. The van der Waals surface area contributed by atoms with Crippen molar-refractivity contribution in [2.75, 3.05) is 0 Å². The summed E-state index contributed by atoms with van der Waals surface area (Å²) in [6.07, 6.45) is 5.58. The maximum atomic E-state index is 9.58. The fourth-order valence-corrected chi connectivity index (χ4v) is 4.10. The smallest absolute Gasteiger partial charge is 0.0998 e. The van der Waals surface area contributed by atoms with Crippen molar-refractivity contribution in [3.63, 3.8) is 0 Å². The topological polar surface area (TPSA) is 23.8 Å². The van der Waals surface area contributed by atoms with E-state index >= 15 is 0 Å². The molecule has 0 saturated carbocycles. The first kappa shape index (κ1) is 13.3. The number of nitriles is 1. The van der Waals surface area contributed by atoms with Gasteiger partial charge in [0, 0.05) is 4.70 Å². The summed E-state index contributed by atoms with van der Waals surface area (Å²) < 4.78 is 1.26. The molecule has 0 fully saturated rings. The molecule has 0 spiro atoms. The van der Waals surface area contributed by atoms with Gasteiger partial charge in [-0.1, -0.05) is 36.4 Å². The summed E-state index contributed by atoms with van der Waals surface area (Å²) in [4.78, 5) is 0. The molecule has 0 unspecified atom stereocenters. The zero-order valence-corrected chi connectivity index (χ0v) is 13.0. The van der Waals surface area contributed by atoms with Gasteiger partial charge in [0.15, 0.2) is 0 Å². The molecule has 1 heterocycles. The van der Waals surface area contributed by atoms with Gasteiger partial charge >= 0.3 is 0 Å². The van der Waals surface area contributed by atoms with Gasteiger partial charge in [-0.25, -0.2) is 0 Å². The Morgan fingerprint density at radius 1 is 1.09 bits per heavy atom. The average Bonchev–Trinajstić information content (AvgIpc) is 3.18. The van der Waals surface area contributed by atoms with Crippen molar-refractivity contribution in [2.45, 2.75) is 19.3 Å². The second kappa shape index (κ2) is 5.44. The van der Waals surface area contributed by atoms with Crippen molar-refractivity contribution in [3.05, 3.63) is 70.1 Å². The minimum atomic E-state index is 0.748. The monoisotopic (exact) mass is 301 g/mol. The number of benzene rings is 2. The van der Waals surface area contributed by atoms with E-state index in [-0.39, 0.29) is 0 Å². The van der Waals surface area contributed by atoms with Crippen LogP contribution in [0, 0.1) is 11.3 Å². The van der Waals surface area contributed by atoms with Crippen LogP contribution in [0.1, 0.15) is 28.7 Å². The highest BCUT2D eigenvalue weighted by atomic mass is 32.1. The Balaban J connectivity index is 1.80. The number of aryl methyl sites for hydroxylation is 2. The van der Waals surface area contributed by atoms with E-state index in [4.69, 9.17) is 0 Å². The van der Waals surface area contributed by atoms with E-state index in [1.165, 1.54) is 34.1 Å². The first-order valence-corrected chi connectivity index (χ1v) is 8.43. The number of rotatable bonds is 2. The highest BCUT2D eigenvalue weighted by Gasteiger charge is 2.12. The first-order chi connectivity index (χ1) is 10.8. The lowest BCUT2D eigenvalue weighted by Gasteiger charge is -2.04. The fourth-order valence-electron chi connectivity index (χ4n) is 3.19. The van der Waals surface area contributed by atoms with Crippen molar-refractivity contribution in [2.24, 2.45) is 0 Å². The average molecular weight is 301 g/mol. The molecule has 2 heteroatoms. The van der Waals surface area contributed by atoms with Crippen molar-refractivity contribution >= 4 is 33.1 Å². The predicted octanol–water partition coefficient (Wildman–Crippen LogP) is 5.45. The Morgan fingerprint density at radius 2 is 1.95 bits per heavy atom. The molecule has 0 bridgehead atoms. The molecule has 106 valence electrons. The number of allylic oxidation sites excluding steroid dienone is 1.